The Labute approximate surface area is 86.4 Å². The van der Waals surface area contributed by atoms with E-state index in [1.54, 1.807) is 12.5 Å². The lowest BCUT2D eigenvalue weighted by atomic mass is 10.5. The fourth-order valence-electron chi connectivity index (χ4n) is 0.867. The molecule has 2 aromatic rings. The van der Waals surface area contributed by atoms with Crippen molar-refractivity contribution in [1.82, 2.24) is 19.9 Å². The fourth-order valence-corrected chi connectivity index (χ4v) is 0.867. The number of rotatable bonds is 0. The van der Waals surface area contributed by atoms with Gasteiger partial charge in [-0.2, -0.15) is 0 Å². The minimum Gasteiger partial charge on any atom is -0.339 e. The highest BCUT2D eigenvalue weighted by molar-refractivity contribution is 7.83. The average molecular weight is 230 g/mol. The zero-order valence-electron chi connectivity index (χ0n) is 8.16. The first-order chi connectivity index (χ1) is 7.00. The quantitative estimate of drug-likeness (QED) is 0.535. The molecule has 0 aliphatic heterocycles. The van der Waals surface area contributed by atoms with Gasteiger partial charge in [0.2, 0.25) is 0 Å². The van der Waals surface area contributed by atoms with E-state index < -0.39 is 22.0 Å². The second kappa shape index (κ2) is 4.69. The third-order valence-electron chi connectivity index (χ3n) is 1.33. The van der Waals surface area contributed by atoms with Crippen molar-refractivity contribution in [2.75, 3.05) is 12.5 Å². The smallest absolute Gasteiger partial charge is 0.327 e. The van der Waals surface area contributed by atoms with Gasteiger partial charge in [-0.1, -0.05) is 0 Å². The minimum atomic E-state index is -0.611. The van der Waals surface area contributed by atoms with Gasteiger partial charge in [0.25, 0.3) is 5.56 Å². The number of nitrogens with one attached hydrogen (secondary N) is 3. The SMILES string of the molecule is CS(C)=O.O=c1[nH]c(=O)c2[nH]cnc2[nH]1. The Kier molecular flexibility index (Phi) is 3.56. The van der Waals surface area contributed by atoms with Crippen molar-refractivity contribution in [3.05, 3.63) is 27.2 Å². The first-order valence-corrected chi connectivity index (χ1v) is 5.88. The van der Waals surface area contributed by atoms with Crippen LogP contribution in [0.3, 0.4) is 0 Å². The summed E-state index contributed by atoms with van der Waals surface area (Å²) in [6.07, 6.45) is 4.62. The number of aromatic amines is 3. The third kappa shape index (κ3) is 3.17. The van der Waals surface area contributed by atoms with E-state index in [4.69, 9.17) is 0 Å². The second-order valence-corrected chi connectivity index (χ2v) is 4.26. The lowest BCUT2D eigenvalue weighted by Gasteiger charge is -1.83. The van der Waals surface area contributed by atoms with Crippen LogP contribution in [-0.4, -0.2) is 36.7 Å². The molecule has 0 aliphatic rings. The van der Waals surface area contributed by atoms with Gasteiger partial charge in [-0.05, 0) is 0 Å². The van der Waals surface area contributed by atoms with Crippen LogP contribution >= 0.6 is 0 Å². The van der Waals surface area contributed by atoms with Gasteiger partial charge in [0, 0.05) is 23.3 Å². The molecule has 0 aromatic carbocycles. The summed E-state index contributed by atoms with van der Waals surface area (Å²) in [5.41, 5.74) is -0.445. The molecule has 0 saturated heterocycles. The van der Waals surface area contributed by atoms with Crippen molar-refractivity contribution < 1.29 is 4.21 Å². The van der Waals surface area contributed by atoms with Crippen molar-refractivity contribution >= 4 is 22.0 Å². The number of hydrogen-bond donors (Lipinski definition) is 3. The molecule has 15 heavy (non-hydrogen) atoms. The van der Waals surface area contributed by atoms with Crippen LogP contribution in [0.15, 0.2) is 15.9 Å². The van der Waals surface area contributed by atoms with E-state index in [-0.39, 0.29) is 11.2 Å². The molecule has 8 heteroatoms. The molecular formula is C7H10N4O3S. The van der Waals surface area contributed by atoms with Gasteiger partial charge in [0.05, 0.1) is 6.33 Å². The summed E-state index contributed by atoms with van der Waals surface area (Å²) in [5.74, 6) is 0. The Balaban J connectivity index is 0.000000245. The van der Waals surface area contributed by atoms with E-state index in [0.717, 1.165) is 0 Å². The molecule has 0 bridgehead atoms. The lowest BCUT2D eigenvalue weighted by molar-refractivity contribution is 0.690. The number of imidazole rings is 1. The maximum atomic E-state index is 10.9. The summed E-state index contributed by atoms with van der Waals surface area (Å²) in [6, 6.07) is 0. The summed E-state index contributed by atoms with van der Waals surface area (Å²) in [6.45, 7) is 0. The molecule has 0 atom stereocenters. The molecule has 0 fully saturated rings. The maximum absolute atomic E-state index is 10.9. The van der Waals surface area contributed by atoms with Crippen LogP contribution in [0, 0.1) is 0 Å². The molecule has 0 saturated carbocycles. The van der Waals surface area contributed by atoms with Crippen LogP contribution in [0.1, 0.15) is 0 Å². The first-order valence-electron chi connectivity index (χ1n) is 3.91. The molecule has 7 nitrogen and oxygen atoms in total. The Morgan fingerprint density at radius 3 is 2.47 bits per heavy atom. The predicted octanol–water partition coefficient (Wildman–Crippen LogP) is -1.07. The van der Waals surface area contributed by atoms with E-state index >= 15 is 0 Å². The number of hydrogen-bond acceptors (Lipinski definition) is 4. The van der Waals surface area contributed by atoms with Gasteiger partial charge in [-0.25, -0.2) is 9.78 Å². The van der Waals surface area contributed by atoms with Crippen molar-refractivity contribution in [2.45, 2.75) is 0 Å². The van der Waals surface area contributed by atoms with Crippen LogP contribution in [0.5, 0.6) is 0 Å². The molecule has 2 aromatic heterocycles. The highest BCUT2D eigenvalue weighted by Crippen LogP contribution is 1.92. The predicted molar refractivity (Wildman–Crippen MR) is 57.3 cm³/mol. The number of fused-ring (bicyclic) bond motifs is 1. The zero-order chi connectivity index (χ0) is 11.4. The molecule has 0 radical (unpaired) electrons. The molecule has 0 aliphatic carbocycles. The van der Waals surface area contributed by atoms with Gasteiger partial charge < -0.3 is 4.98 Å². The number of nitrogens with zero attached hydrogens (tertiary/aromatic N) is 1. The topological polar surface area (TPSA) is 111 Å². The summed E-state index contributed by atoms with van der Waals surface area (Å²) >= 11 is 0. The minimum absolute atomic E-state index is 0.277. The van der Waals surface area contributed by atoms with Crippen molar-refractivity contribution in [3.8, 4) is 0 Å². The Morgan fingerprint density at radius 1 is 1.27 bits per heavy atom. The van der Waals surface area contributed by atoms with Crippen molar-refractivity contribution in [3.63, 3.8) is 0 Å². The van der Waals surface area contributed by atoms with E-state index in [1.807, 2.05) is 0 Å². The highest BCUT2D eigenvalue weighted by Gasteiger charge is 1.99. The van der Waals surface area contributed by atoms with Gasteiger partial charge in [0.15, 0.2) is 5.65 Å². The standard InChI is InChI=1S/C5H4N4O2.C2H6OS/c10-4-2-3(7-1-6-2)8-5(11)9-4;1-4(2)3/h1H,(H3,6,7,8,9,10,11);1-2H3. The van der Waals surface area contributed by atoms with Crippen molar-refractivity contribution in [2.24, 2.45) is 0 Å². The normalized spacial score (nSPS) is 10.1. The number of aromatic nitrogens is 4. The highest BCUT2D eigenvalue weighted by atomic mass is 32.2. The Morgan fingerprint density at radius 2 is 1.87 bits per heavy atom. The largest absolute Gasteiger partial charge is 0.339 e. The van der Waals surface area contributed by atoms with E-state index in [2.05, 4.69) is 19.9 Å². The summed E-state index contributed by atoms with van der Waals surface area (Å²) in [7, 11) is -0.611. The molecular weight excluding hydrogens is 220 g/mol. The second-order valence-electron chi connectivity index (χ2n) is 2.78. The van der Waals surface area contributed by atoms with Crippen molar-refractivity contribution in [1.29, 1.82) is 0 Å². The van der Waals surface area contributed by atoms with E-state index in [0.29, 0.717) is 0 Å². The molecule has 3 N–H and O–H groups in total. The Hall–Kier alpha value is -1.70. The molecule has 0 amide bonds. The fraction of sp³-hybridized carbons (Fsp3) is 0.286. The molecule has 2 rings (SSSR count). The maximum Gasteiger partial charge on any atom is 0.327 e. The third-order valence-corrected chi connectivity index (χ3v) is 1.33. The summed E-state index contributed by atoms with van der Waals surface area (Å²) < 4.78 is 9.56. The molecule has 2 heterocycles. The van der Waals surface area contributed by atoms with Crippen LogP contribution in [-0.2, 0) is 10.8 Å². The van der Waals surface area contributed by atoms with Gasteiger partial charge in [0.1, 0.15) is 5.52 Å². The van der Waals surface area contributed by atoms with Crippen LogP contribution < -0.4 is 11.2 Å². The monoisotopic (exact) mass is 230 g/mol. The first kappa shape index (κ1) is 11.4. The average Bonchev–Trinajstić information content (AvgIpc) is 2.50. The van der Waals surface area contributed by atoms with Crippen LogP contribution in [0.4, 0.5) is 0 Å². The van der Waals surface area contributed by atoms with Gasteiger partial charge in [-0.15, -0.1) is 0 Å². The number of H-pyrrole nitrogens is 3. The molecule has 0 unspecified atom stereocenters. The van der Waals surface area contributed by atoms with Gasteiger partial charge >= 0.3 is 5.69 Å². The van der Waals surface area contributed by atoms with E-state index in [9.17, 15) is 13.8 Å². The van der Waals surface area contributed by atoms with Gasteiger partial charge in [-0.3, -0.25) is 19.0 Å². The van der Waals surface area contributed by atoms with Crippen LogP contribution in [0.25, 0.3) is 11.2 Å². The zero-order valence-corrected chi connectivity index (χ0v) is 8.97. The Bertz CT molecular complexity index is 577. The van der Waals surface area contributed by atoms with Crippen LogP contribution in [0.2, 0.25) is 0 Å². The lowest BCUT2D eigenvalue weighted by Crippen LogP contribution is -2.21. The summed E-state index contributed by atoms with van der Waals surface area (Å²) in [5, 5.41) is 0. The molecule has 82 valence electrons. The summed E-state index contributed by atoms with van der Waals surface area (Å²) in [4.78, 5) is 32.3. The molecule has 0 spiro atoms. The van der Waals surface area contributed by atoms with E-state index in [1.165, 1.54) is 6.33 Å².